The molecule has 120 valence electrons. The van der Waals surface area contributed by atoms with E-state index in [-0.39, 0.29) is 17.5 Å². The molecular weight excluding hydrogens is 314 g/mol. The lowest BCUT2D eigenvalue weighted by Gasteiger charge is -2.07. The molecule has 1 aliphatic heterocycles. The molecule has 5 nitrogen and oxygen atoms in total. The van der Waals surface area contributed by atoms with E-state index in [1.54, 1.807) is 48.5 Å². The quantitative estimate of drug-likeness (QED) is 0.622. The van der Waals surface area contributed by atoms with Crippen LogP contribution in [-0.4, -0.2) is 37.9 Å². The van der Waals surface area contributed by atoms with Crippen molar-refractivity contribution in [3.05, 3.63) is 65.7 Å². The van der Waals surface area contributed by atoms with E-state index in [1.807, 2.05) is 13.0 Å². The van der Waals surface area contributed by atoms with Gasteiger partial charge in [0.15, 0.2) is 0 Å². The predicted molar refractivity (Wildman–Crippen MR) is 85.6 cm³/mol. The van der Waals surface area contributed by atoms with Gasteiger partial charge in [-0.05, 0) is 31.2 Å². The van der Waals surface area contributed by atoms with Crippen LogP contribution in [0.3, 0.4) is 0 Å². The van der Waals surface area contributed by atoms with Gasteiger partial charge in [-0.3, -0.25) is 0 Å². The summed E-state index contributed by atoms with van der Waals surface area (Å²) < 4.78 is 31.4. The number of hydrogen-bond acceptors (Lipinski definition) is 4. The number of hydrogen-bond donors (Lipinski definition) is 0. The number of rotatable bonds is 5. The molecular formula is C17H17NO4S. The van der Waals surface area contributed by atoms with Crippen molar-refractivity contribution in [3.8, 4) is 0 Å². The number of aryl methyl sites for hydroxylation is 1. The number of benzene rings is 2. The summed E-state index contributed by atoms with van der Waals surface area (Å²) in [4.78, 5) is 12.1. The Kier molecular flexibility index (Phi) is 4.19. The highest BCUT2D eigenvalue weighted by molar-refractivity contribution is 7.89. The lowest BCUT2D eigenvalue weighted by atomic mass is 10.2. The molecule has 1 heterocycles. The number of carbonyl (C=O) groups excluding carboxylic acids is 1. The van der Waals surface area contributed by atoms with Crippen LogP contribution < -0.4 is 0 Å². The molecule has 0 N–H and O–H groups in total. The molecule has 0 radical (unpaired) electrons. The van der Waals surface area contributed by atoms with Crippen molar-refractivity contribution in [2.45, 2.75) is 17.9 Å². The van der Waals surface area contributed by atoms with Crippen molar-refractivity contribution < 1.29 is 17.9 Å². The van der Waals surface area contributed by atoms with Crippen molar-refractivity contribution >= 4 is 16.0 Å². The second kappa shape index (κ2) is 6.14. The summed E-state index contributed by atoms with van der Waals surface area (Å²) in [6.07, 6.45) is 0. The van der Waals surface area contributed by atoms with Gasteiger partial charge in [-0.2, -0.15) is 4.31 Å². The third kappa shape index (κ3) is 3.43. The number of sulfonamides is 1. The zero-order valence-corrected chi connectivity index (χ0v) is 13.5. The van der Waals surface area contributed by atoms with Crippen LogP contribution in [0.2, 0.25) is 0 Å². The van der Waals surface area contributed by atoms with Crippen LogP contribution in [0.5, 0.6) is 0 Å². The van der Waals surface area contributed by atoms with E-state index in [9.17, 15) is 13.2 Å². The molecule has 0 amide bonds. The fraction of sp³-hybridized carbons (Fsp3) is 0.235. The zero-order chi connectivity index (χ0) is 16.4. The molecule has 23 heavy (non-hydrogen) atoms. The molecule has 1 saturated heterocycles. The molecule has 1 aliphatic rings. The number of nitrogens with zero attached hydrogens (tertiary/aromatic N) is 1. The molecule has 1 fully saturated rings. The minimum Gasteiger partial charge on any atom is -0.460 e. The average Bonchev–Trinajstić information content (AvgIpc) is 3.34. The van der Waals surface area contributed by atoms with E-state index in [0.717, 1.165) is 5.56 Å². The average molecular weight is 331 g/mol. The summed E-state index contributed by atoms with van der Waals surface area (Å²) in [5, 5.41) is 0. The van der Waals surface area contributed by atoms with E-state index >= 15 is 0 Å². The third-order valence-corrected chi connectivity index (χ3v) is 5.64. The van der Waals surface area contributed by atoms with Gasteiger partial charge in [-0.25, -0.2) is 13.2 Å². The van der Waals surface area contributed by atoms with Crippen molar-refractivity contribution in [1.29, 1.82) is 0 Å². The maximum atomic E-state index is 12.4. The van der Waals surface area contributed by atoms with Gasteiger partial charge in [0.05, 0.1) is 16.5 Å². The van der Waals surface area contributed by atoms with Crippen LogP contribution in [0.25, 0.3) is 0 Å². The van der Waals surface area contributed by atoms with Crippen LogP contribution in [0.1, 0.15) is 15.9 Å². The van der Waals surface area contributed by atoms with E-state index in [4.69, 9.17) is 4.74 Å². The molecule has 2 atom stereocenters. The van der Waals surface area contributed by atoms with E-state index < -0.39 is 16.0 Å². The number of esters is 1. The summed E-state index contributed by atoms with van der Waals surface area (Å²) in [6.45, 7) is 2.34. The van der Waals surface area contributed by atoms with Gasteiger partial charge in [0.25, 0.3) is 0 Å². The highest BCUT2D eigenvalue weighted by atomic mass is 32.2. The highest BCUT2D eigenvalue weighted by Gasteiger charge is 2.45. The maximum absolute atomic E-state index is 12.4. The highest BCUT2D eigenvalue weighted by Crippen LogP contribution is 2.28. The molecule has 2 aromatic carbocycles. The van der Waals surface area contributed by atoms with Gasteiger partial charge in [0, 0.05) is 6.54 Å². The van der Waals surface area contributed by atoms with E-state index in [1.165, 1.54) is 4.31 Å². The van der Waals surface area contributed by atoms with Crippen LogP contribution in [-0.2, 0) is 14.8 Å². The number of carbonyl (C=O) groups is 1. The van der Waals surface area contributed by atoms with Gasteiger partial charge in [-0.1, -0.05) is 35.9 Å². The third-order valence-electron chi connectivity index (χ3n) is 3.71. The predicted octanol–water partition coefficient (Wildman–Crippen LogP) is 2.22. The Bertz CT molecular complexity index is 800. The summed E-state index contributed by atoms with van der Waals surface area (Å²) in [5.41, 5.74) is 1.46. The molecule has 0 aliphatic carbocycles. The Morgan fingerprint density at radius 2 is 1.78 bits per heavy atom. The summed E-state index contributed by atoms with van der Waals surface area (Å²) in [7, 11) is -3.50. The first-order chi connectivity index (χ1) is 11.0. The molecule has 0 aromatic heterocycles. The minimum absolute atomic E-state index is 0.0683. The van der Waals surface area contributed by atoms with Crippen LogP contribution >= 0.6 is 0 Å². The van der Waals surface area contributed by atoms with Gasteiger partial charge in [0.1, 0.15) is 6.61 Å². The van der Waals surface area contributed by atoms with Crippen molar-refractivity contribution in [2.75, 3.05) is 13.2 Å². The van der Waals surface area contributed by atoms with E-state index in [0.29, 0.717) is 12.1 Å². The lowest BCUT2D eigenvalue weighted by Crippen LogP contribution is -2.18. The Morgan fingerprint density at radius 1 is 1.13 bits per heavy atom. The monoisotopic (exact) mass is 331 g/mol. The standard InChI is InChI=1S/C17H17NO4S/c1-13-7-9-16(10-8-13)23(20,21)18-11-15(18)12-22-17(19)14-5-3-2-4-6-14/h2-10,15H,11-12H2,1H3/t15-,18?/m0/s1. The number of ether oxygens (including phenoxy) is 1. The van der Waals surface area contributed by atoms with Crippen LogP contribution in [0.15, 0.2) is 59.5 Å². The largest absolute Gasteiger partial charge is 0.460 e. The maximum Gasteiger partial charge on any atom is 0.338 e. The Balaban J connectivity index is 1.59. The Hall–Kier alpha value is -2.18. The first kappa shape index (κ1) is 15.7. The summed E-state index contributed by atoms with van der Waals surface area (Å²) >= 11 is 0. The topological polar surface area (TPSA) is 63.4 Å². The first-order valence-electron chi connectivity index (χ1n) is 7.29. The Morgan fingerprint density at radius 3 is 2.43 bits per heavy atom. The normalized spacial score (nSPS) is 20.0. The molecule has 2 aromatic rings. The van der Waals surface area contributed by atoms with Crippen molar-refractivity contribution in [3.63, 3.8) is 0 Å². The van der Waals surface area contributed by atoms with E-state index in [2.05, 4.69) is 0 Å². The fourth-order valence-electron chi connectivity index (χ4n) is 2.27. The van der Waals surface area contributed by atoms with Gasteiger partial charge in [0.2, 0.25) is 10.0 Å². The van der Waals surface area contributed by atoms with Crippen molar-refractivity contribution in [2.24, 2.45) is 0 Å². The molecule has 0 saturated carbocycles. The minimum atomic E-state index is -3.50. The zero-order valence-electron chi connectivity index (χ0n) is 12.7. The van der Waals surface area contributed by atoms with Crippen LogP contribution in [0, 0.1) is 6.92 Å². The molecule has 6 heteroatoms. The van der Waals surface area contributed by atoms with Crippen LogP contribution in [0.4, 0.5) is 0 Å². The SMILES string of the molecule is Cc1ccc(S(=O)(=O)N2C[C@H]2COC(=O)c2ccccc2)cc1. The smallest absolute Gasteiger partial charge is 0.338 e. The molecule has 1 unspecified atom stereocenters. The Labute approximate surface area is 135 Å². The second-order valence-corrected chi connectivity index (χ2v) is 7.40. The van der Waals surface area contributed by atoms with Gasteiger partial charge < -0.3 is 4.74 Å². The summed E-state index contributed by atoms with van der Waals surface area (Å²) in [5.74, 6) is -0.440. The molecule has 0 bridgehead atoms. The van der Waals surface area contributed by atoms with Gasteiger partial charge in [-0.15, -0.1) is 0 Å². The second-order valence-electron chi connectivity index (χ2n) is 5.51. The van der Waals surface area contributed by atoms with Gasteiger partial charge >= 0.3 is 5.97 Å². The van der Waals surface area contributed by atoms with Crippen molar-refractivity contribution in [1.82, 2.24) is 4.31 Å². The molecule has 0 spiro atoms. The molecule has 3 rings (SSSR count). The summed E-state index contributed by atoms with van der Waals surface area (Å²) in [6, 6.07) is 15.1. The first-order valence-corrected chi connectivity index (χ1v) is 8.73. The lowest BCUT2D eigenvalue weighted by molar-refractivity contribution is 0.0501. The fourth-order valence-corrected chi connectivity index (χ4v) is 3.84.